The highest BCUT2D eigenvalue weighted by Crippen LogP contribution is 2.36. The van der Waals surface area contributed by atoms with Crippen molar-refractivity contribution in [2.24, 2.45) is 0 Å². The average Bonchev–Trinajstić information content (AvgIpc) is 2.86. The minimum absolute atomic E-state index is 0.139. The van der Waals surface area contributed by atoms with Crippen molar-refractivity contribution in [3.05, 3.63) is 95.3 Å². The molecular weight excluding hydrogens is 432 g/mol. The molecule has 0 fully saturated rings. The predicted octanol–water partition coefficient (Wildman–Crippen LogP) is 5.22. The minimum atomic E-state index is -0.701. The number of ether oxygens (including phenoxy) is 4. The molecule has 0 saturated carbocycles. The van der Waals surface area contributed by atoms with Crippen LogP contribution in [-0.2, 0) is 33.6 Å². The van der Waals surface area contributed by atoms with Crippen LogP contribution in [0.3, 0.4) is 0 Å². The molecule has 0 N–H and O–H groups in total. The van der Waals surface area contributed by atoms with Crippen LogP contribution >= 0.6 is 0 Å². The van der Waals surface area contributed by atoms with Gasteiger partial charge < -0.3 is 18.9 Å². The smallest absolute Gasteiger partial charge is 0.374 e. The zero-order valence-electron chi connectivity index (χ0n) is 19.2. The molecule has 4 bridgehead atoms. The zero-order chi connectivity index (χ0) is 23.9. The van der Waals surface area contributed by atoms with E-state index < -0.39 is 5.97 Å². The van der Waals surface area contributed by atoms with Gasteiger partial charge in [0.15, 0.2) is 17.3 Å². The lowest BCUT2D eigenvalue weighted by atomic mass is 10.0. The highest BCUT2D eigenvalue weighted by molar-refractivity contribution is 5.98. The fourth-order valence-corrected chi connectivity index (χ4v) is 3.76. The summed E-state index contributed by atoms with van der Waals surface area (Å²) in [5.74, 6) is 1.38. The quantitative estimate of drug-likeness (QED) is 0.490. The number of benzene rings is 3. The first-order valence-corrected chi connectivity index (χ1v) is 11.1. The maximum atomic E-state index is 12.6. The van der Waals surface area contributed by atoms with Gasteiger partial charge in [-0.25, -0.2) is 4.79 Å². The second-order valence-electron chi connectivity index (χ2n) is 7.91. The third-order valence-electron chi connectivity index (χ3n) is 5.57. The lowest BCUT2D eigenvalue weighted by molar-refractivity contribution is -0.138. The normalized spacial score (nSPS) is 15.5. The van der Waals surface area contributed by atoms with Crippen LogP contribution in [0, 0.1) is 0 Å². The highest BCUT2D eigenvalue weighted by atomic mass is 16.6. The second kappa shape index (κ2) is 10.7. The Bertz CT molecular complexity index is 1210. The molecule has 0 aromatic heterocycles. The number of fused-ring (bicyclic) bond motifs is 7. The van der Waals surface area contributed by atoms with E-state index in [9.17, 15) is 9.59 Å². The average molecular weight is 459 g/mol. The van der Waals surface area contributed by atoms with E-state index in [1.807, 2.05) is 54.6 Å². The molecule has 6 nitrogen and oxygen atoms in total. The van der Waals surface area contributed by atoms with Gasteiger partial charge in [-0.3, -0.25) is 4.79 Å². The molecular formula is C28H26O6. The van der Waals surface area contributed by atoms with Crippen molar-refractivity contribution in [1.82, 2.24) is 0 Å². The third-order valence-corrected chi connectivity index (χ3v) is 5.57. The van der Waals surface area contributed by atoms with Crippen LogP contribution in [-0.4, -0.2) is 26.0 Å². The van der Waals surface area contributed by atoms with Gasteiger partial charge in [-0.2, -0.15) is 0 Å². The Kier molecular flexibility index (Phi) is 7.28. The van der Waals surface area contributed by atoms with Crippen molar-refractivity contribution in [2.75, 3.05) is 14.2 Å². The molecule has 0 atom stereocenters. The van der Waals surface area contributed by atoms with Gasteiger partial charge >= 0.3 is 5.97 Å². The summed E-state index contributed by atoms with van der Waals surface area (Å²) < 4.78 is 22.3. The number of para-hydroxylation sites is 1. The molecule has 34 heavy (non-hydrogen) atoms. The van der Waals surface area contributed by atoms with Gasteiger partial charge in [-0.1, -0.05) is 36.4 Å². The summed E-state index contributed by atoms with van der Waals surface area (Å²) >= 11 is 0. The van der Waals surface area contributed by atoms with Gasteiger partial charge in [0.25, 0.3) is 0 Å². The molecule has 0 amide bonds. The Hall–Kier alpha value is -4.06. The summed E-state index contributed by atoms with van der Waals surface area (Å²) in [4.78, 5) is 24.8. The van der Waals surface area contributed by atoms with Crippen molar-refractivity contribution in [3.8, 4) is 23.0 Å². The summed E-state index contributed by atoms with van der Waals surface area (Å²) in [6.45, 7) is 0. The predicted molar refractivity (Wildman–Crippen MR) is 127 cm³/mol. The summed E-state index contributed by atoms with van der Waals surface area (Å²) in [6, 6.07) is 20.9. The topological polar surface area (TPSA) is 71.1 Å². The number of hydrogen-bond donors (Lipinski definition) is 0. The van der Waals surface area contributed by atoms with Crippen LogP contribution in [0.1, 0.15) is 23.1 Å². The van der Waals surface area contributed by atoms with Crippen LogP contribution < -0.4 is 14.2 Å². The molecule has 0 spiro atoms. The zero-order valence-corrected chi connectivity index (χ0v) is 19.2. The number of methoxy groups -OCH3 is 2. The Morgan fingerprint density at radius 1 is 0.794 bits per heavy atom. The lowest BCUT2D eigenvalue weighted by Gasteiger charge is -2.16. The number of rotatable bonds is 2. The maximum absolute atomic E-state index is 12.6. The molecule has 3 aromatic carbocycles. The molecule has 5 rings (SSSR count). The number of allylic oxidation sites excluding steroid dienone is 1. The molecule has 3 aromatic rings. The summed E-state index contributed by atoms with van der Waals surface area (Å²) in [5, 5.41) is 0. The van der Waals surface area contributed by atoms with Gasteiger partial charge in [0.1, 0.15) is 11.5 Å². The van der Waals surface area contributed by atoms with E-state index in [0.717, 1.165) is 29.5 Å². The molecule has 0 radical (unpaired) electrons. The van der Waals surface area contributed by atoms with Gasteiger partial charge in [0.05, 0.1) is 14.2 Å². The number of aryl methyl sites for hydroxylation is 3. The van der Waals surface area contributed by atoms with Gasteiger partial charge in [-0.15, -0.1) is 0 Å². The van der Waals surface area contributed by atoms with Crippen LogP contribution in [0.4, 0.5) is 0 Å². The largest absolute Gasteiger partial charge is 0.493 e. The molecule has 0 saturated heterocycles. The first-order chi connectivity index (χ1) is 16.6. The summed E-state index contributed by atoms with van der Waals surface area (Å²) in [6.07, 6.45) is 3.39. The first-order valence-electron chi connectivity index (χ1n) is 11.1. The summed E-state index contributed by atoms with van der Waals surface area (Å²) in [7, 11) is 2.88. The van der Waals surface area contributed by atoms with Gasteiger partial charge in [0, 0.05) is 12.5 Å². The first kappa shape index (κ1) is 23.1. The van der Waals surface area contributed by atoms with E-state index in [0.29, 0.717) is 29.4 Å². The maximum Gasteiger partial charge on any atom is 0.374 e. The van der Waals surface area contributed by atoms with E-state index in [1.54, 1.807) is 19.2 Å². The molecule has 0 aliphatic carbocycles. The van der Waals surface area contributed by atoms with E-state index >= 15 is 0 Å². The van der Waals surface area contributed by atoms with Crippen molar-refractivity contribution in [1.29, 1.82) is 0 Å². The van der Waals surface area contributed by atoms with E-state index in [1.165, 1.54) is 13.2 Å². The van der Waals surface area contributed by atoms with Crippen LogP contribution in [0.15, 0.2) is 78.6 Å². The fraction of sp³-hybridized carbons (Fsp3) is 0.214. The number of hydrogen-bond acceptors (Lipinski definition) is 6. The highest BCUT2D eigenvalue weighted by Gasteiger charge is 2.17. The van der Waals surface area contributed by atoms with Crippen LogP contribution in [0.5, 0.6) is 23.0 Å². The Balaban J connectivity index is 1.72. The molecule has 2 aliphatic heterocycles. The van der Waals surface area contributed by atoms with Crippen molar-refractivity contribution in [3.63, 3.8) is 0 Å². The van der Waals surface area contributed by atoms with Gasteiger partial charge in [-0.05, 0) is 66.3 Å². The third kappa shape index (κ3) is 5.64. The standard InChI is InChI=1S/C28H26O6/c1-31-25-8-4-6-21-13-9-19-11-15-23(16-12-19)33-26(28(30)32-2)18-22(29)14-10-20-5-3-7-24(17-20)34-27(21)25/h3-8,11-12,15-18H,9-10,13-14H2,1-2H3/b26-18-. The van der Waals surface area contributed by atoms with E-state index in [2.05, 4.69) is 0 Å². The summed E-state index contributed by atoms with van der Waals surface area (Å²) in [5.41, 5.74) is 3.05. The van der Waals surface area contributed by atoms with Crippen molar-refractivity contribution in [2.45, 2.75) is 25.7 Å². The number of carbonyl (C=O) groups is 2. The lowest BCUT2D eigenvalue weighted by Crippen LogP contribution is -2.13. The van der Waals surface area contributed by atoms with E-state index in [4.69, 9.17) is 18.9 Å². The minimum Gasteiger partial charge on any atom is -0.493 e. The Morgan fingerprint density at radius 3 is 2.32 bits per heavy atom. The number of carbonyl (C=O) groups excluding carboxylic acids is 2. The van der Waals surface area contributed by atoms with Gasteiger partial charge in [0.2, 0.25) is 5.76 Å². The molecule has 0 unspecified atom stereocenters. The second-order valence-corrected chi connectivity index (χ2v) is 7.91. The van der Waals surface area contributed by atoms with Crippen molar-refractivity contribution < 1.29 is 28.5 Å². The van der Waals surface area contributed by atoms with Crippen LogP contribution in [0.2, 0.25) is 0 Å². The Morgan fingerprint density at radius 2 is 1.56 bits per heavy atom. The molecule has 2 aliphatic rings. The number of ketones is 1. The Labute approximate surface area is 198 Å². The van der Waals surface area contributed by atoms with E-state index in [-0.39, 0.29) is 18.0 Å². The molecule has 6 heteroatoms. The fourth-order valence-electron chi connectivity index (χ4n) is 3.76. The van der Waals surface area contributed by atoms with Crippen LogP contribution in [0.25, 0.3) is 0 Å². The molecule has 174 valence electrons. The molecule has 2 heterocycles. The van der Waals surface area contributed by atoms with Crippen molar-refractivity contribution >= 4 is 11.8 Å². The monoisotopic (exact) mass is 458 g/mol. The SMILES string of the molecule is COC(=O)/C1=C/C(=O)CCc2cccc(c2)Oc2c(cccc2OC)CCc2ccc(cc2)O1. The number of esters is 1.